The van der Waals surface area contributed by atoms with E-state index >= 15 is 0 Å². The molecule has 0 aliphatic carbocycles. The first-order valence-electron chi connectivity index (χ1n) is 11.9. The first kappa shape index (κ1) is 25.2. The van der Waals surface area contributed by atoms with E-state index in [0.29, 0.717) is 17.9 Å². The summed E-state index contributed by atoms with van der Waals surface area (Å²) >= 11 is 5.92. The van der Waals surface area contributed by atoms with E-state index in [9.17, 15) is 9.18 Å². The number of benzene rings is 2. The van der Waals surface area contributed by atoms with Crippen LogP contribution >= 0.6 is 11.6 Å². The van der Waals surface area contributed by atoms with Crippen LogP contribution in [0, 0.1) is 5.82 Å². The third kappa shape index (κ3) is 5.85. The number of nitrogens with one attached hydrogen (secondary N) is 2. The van der Waals surface area contributed by atoms with Gasteiger partial charge in [-0.15, -0.1) is 0 Å². The monoisotopic (exact) mass is 498 g/mol. The van der Waals surface area contributed by atoms with Crippen LogP contribution in [-0.2, 0) is 10.3 Å². The largest absolute Gasteiger partial charge is 0.491 e. The van der Waals surface area contributed by atoms with Crippen molar-refractivity contribution in [2.45, 2.75) is 70.7 Å². The molecule has 1 saturated heterocycles. The minimum Gasteiger partial charge on any atom is -0.491 e. The Bertz CT molecular complexity index is 1200. The number of hydrogen-bond acceptors (Lipinski definition) is 4. The summed E-state index contributed by atoms with van der Waals surface area (Å²) in [5, 5.41) is 11.3. The maximum absolute atomic E-state index is 14.3. The summed E-state index contributed by atoms with van der Waals surface area (Å²) in [6, 6.07) is 13.3. The Hall–Kier alpha value is -2.90. The van der Waals surface area contributed by atoms with Crippen LogP contribution in [0.1, 0.15) is 64.3 Å². The van der Waals surface area contributed by atoms with Gasteiger partial charge in [0.05, 0.1) is 28.4 Å². The molecular formula is C27H32ClFN4O2. The smallest absolute Gasteiger partial charge is 0.241 e. The summed E-state index contributed by atoms with van der Waals surface area (Å²) in [5.41, 5.74) is 2.07. The van der Waals surface area contributed by atoms with E-state index in [-0.39, 0.29) is 34.5 Å². The van der Waals surface area contributed by atoms with Crippen LogP contribution in [0.25, 0.3) is 0 Å². The van der Waals surface area contributed by atoms with Gasteiger partial charge in [-0.25, -0.2) is 4.39 Å². The van der Waals surface area contributed by atoms with Crippen molar-refractivity contribution in [1.29, 1.82) is 0 Å². The molecule has 6 nitrogen and oxygen atoms in total. The molecule has 0 spiro atoms. The Morgan fingerprint density at radius 2 is 2.00 bits per heavy atom. The van der Waals surface area contributed by atoms with Gasteiger partial charge in [0.25, 0.3) is 0 Å². The molecule has 0 bridgehead atoms. The first-order valence-corrected chi connectivity index (χ1v) is 12.2. The van der Waals surface area contributed by atoms with Gasteiger partial charge in [-0.05, 0) is 76.9 Å². The van der Waals surface area contributed by atoms with Crippen LogP contribution in [0.3, 0.4) is 0 Å². The molecule has 2 aromatic carbocycles. The zero-order valence-electron chi connectivity index (χ0n) is 20.7. The SMILES string of the molecule is CC(C)Oc1cccc(NC(=O)[C@@H]2C[C@H](c3ccn(C(C)(C)C)n3)[C@H](c3ccc(Cl)c(F)c3)N2)c1. The molecule has 2 N–H and O–H groups in total. The topological polar surface area (TPSA) is 68.2 Å². The van der Waals surface area contributed by atoms with Gasteiger partial charge < -0.3 is 10.1 Å². The molecule has 1 aromatic heterocycles. The highest BCUT2D eigenvalue weighted by molar-refractivity contribution is 6.30. The summed E-state index contributed by atoms with van der Waals surface area (Å²) < 4.78 is 22.0. The highest BCUT2D eigenvalue weighted by atomic mass is 35.5. The third-order valence-electron chi connectivity index (χ3n) is 6.04. The third-order valence-corrected chi connectivity index (χ3v) is 6.35. The molecule has 1 aliphatic heterocycles. The van der Waals surface area contributed by atoms with Crippen molar-refractivity contribution in [2.75, 3.05) is 5.32 Å². The van der Waals surface area contributed by atoms with Crippen LogP contribution in [0.2, 0.25) is 5.02 Å². The predicted octanol–water partition coefficient (Wildman–Crippen LogP) is 6.04. The standard InChI is InChI=1S/C27H32ClFN4O2/c1-16(2)35-19-8-6-7-18(14-19)30-26(34)24-15-20(23-11-12-33(32-23)27(3,4)5)25(31-24)17-9-10-21(28)22(29)13-17/h6-14,16,20,24-25,31H,15H2,1-5H3,(H,30,34)/t20-,24+,25+/m1/s1. The predicted molar refractivity (Wildman–Crippen MR) is 136 cm³/mol. The first-order chi connectivity index (χ1) is 16.5. The van der Waals surface area contributed by atoms with Crippen molar-refractivity contribution in [3.05, 3.63) is 76.8 Å². The quantitative estimate of drug-likeness (QED) is 0.434. The summed E-state index contributed by atoms with van der Waals surface area (Å²) in [6.07, 6.45) is 2.50. The zero-order chi connectivity index (χ0) is 25.3. The van der Waals surface area contributed by atoms with Crippen molar-refractivity contribution >= 4 is 23.2 Å². The number of nitrogens with zero attached hydrogens (tertiary/aromatic N) is 2. The fourth-order valence-electron chi connectivity index (χ4n) is 4.36. The number of amides is 1. The van der Waals surface area contributed by atoms with Gasteiger partial charge in [-0.1, -0.05) is 23.7 Å². The molecule has 1 fully saturated rings. The van der Waals surface area contributed by atoms with Gasteiger partial charge in [0.15, 0.2) is 0 Å². The van der Waals surface area contributed by atoms with Crippen molar-refractivity contribution in [1.82, 2.24) is 15.1 Å². The average Bonchev–Trinajstić information content (AvgIpc) is 3.43. The number of aromatic nitrogens is 2. The summed E-state index contributed by atoms with van der Waals surface area (Å²) in [7, 11) is 0. The molecular weight excluding hydrogens is 467 g/mol. The Labute approximate surface area is 210 Å². The van der Waals surface area contributed by atoms with Gasteiger partial charge in [-0.2, -0.15) is 5.10 Å². The number of halogens is 2. The van der Waals surface area contributed by atoms with Crippen molar-refractivity contribution in [2.24, 2.45) is 0 Å². The van der Waals surface area contributed by atoms with E-state index in [0.717, 1.165) is 11.3 Å². The molecule has 8 heteroatoms. The lowest BCUT2D eigenvalue weighted by molar-refractivity contribution is -0.117. The zero-order valence-corrected chi connectivity index (χ0v) is 21.4. The van der Waals surface area contributed by atoms with Crippen molar-refractivity contribution in [3.8, 4) is 5.75 Å². The van der Waals surface area contributed by atoms with Gasteiger partial charge >= 0.3 is 0 Å². The number of ether oxygens (including phenoxy) is 1. The van der Waals surface area contributed by atoms with Crippen LogP contribution in [0.4, 0.5) is 10.1 Å². The minimum absolute atomic E-state index is 0.0339. The normalized spacial score (nSPS) is 20.3. The van der Waals surface area contributed by atoms with E-state index in [4.69, 9.17) is 21.4 Å². The molecule has 186 valence electrons. The molecule has 2 heterocycles. The minimum atomic E-state index is -0.488. The molecule has 0 saturated carbocycles. The van der Waals surface area contributed by atoms with Gasteiger partial charge in [0.2, 0.25) is 5.91 Å². The highest BCUT2D eigenvalue weighted by Gasteiger charge is 2.40. The lowest BCUT2D eigenvalue weighted by atomic mass is 9.90. The fraction of sp³-hybridized carbons (Fsp3) is 0.407. The van der Waals surface area contributed by atoms with Gasteiger partial charge in [0.1, 0.15) is 11.6 Å². The molecule has 1 aliphatic rings. The number of carbonyl (C=O) groups excluding carboxylic acids is 1. The Balaban J connectivity index is 1.59. The van der Waals surface area contributed by atoms with Crippen molar-refractivity contribution in [3.63, 3.8) is 0 Å². The number of anilines is 1. The Kier molecular flexibility index (Phi) is 7.20. The van der Waals surface area contributed by atoms with Crippen LogP contribution < -0.4 is 15.4 Å². The molecule has 3 aromatic rings. The van der Waals surface area contributed by atoms with E-state index in [1.54, 1.807) is 18.2 Å². The summed E-state index contributed by atoms with van der Waals surface area (Å²) in [5.74, 6) is -0.0773. The average molecular weight is 499 g/mol. The molecule has 1 amide bonds. The lowest BCUT2D eigenvalue weighted by Gasteiger charge is -2.21. The Morgan fingerprint density at radius 1 is 1.23 bits per heavy atom. The molecule has 0 radical (unpaired) electrons. The fourth-order valence-corrected chi connectivity index (χ4v) is 4.48. The van der Waals surface area contributed by atoms with Crippen LogP contribution in [0.5, 0.6) is 5.75 Å². The van der Waals surface area contributed by atoms with E-state index in [2.05, 4.69) is 31.4 Å². The molecule has 0 unspecified atom stereocenters. The molecule has 35 heavy (non-hydrogen) atoms. The highest BCUT2D eigenvalue weighted by Crippen LogP contribution is 2.41. The van der Waals surface area contributed by atoms with E-state index in [1.165, 1.54) is 6.07 Å². The van der Waals surface area contributed by atoms with Crippen LogP contribution in [0.15, 0.2) is 54.7 Å². The van der Waals surface area contributed by atoms with Crippen molar-refractivity contribution < 1.29 is 13.9 Å². The summed E-state index contributed by atoms with van der Waals surface area (Å²) in [4.78, 5) is 13.3. The molecule has 4 rings (SSSR count). The van der Waals surface area contributed by atoms with Gasteiger partial charge in [-0.3, -0.25) is 14.8 Å². The number of rotatable bonds is 6. The molecule has 3 atom stereocenters. The van der Waals surface area contributed by atoms with Gasteiger partial charge in [0, 0.05) is 29.9 Å². The van der Waals surface area contributed by atoms with E-state index < -0.39 is 11.9 Å². The Morgan fingerprint density at radius 3 is 2.66 bits per heavy atom. The maximum atomic E-state index is 14.3. The van der Waals surface area contributed by atoms with Crippen LogP contribution in [-0.4, -0.2) is 27.8 Å². The second-order valence-electron chi connectivity index (χ2n) is 10.3. The van der Waals surface area contributed by atoms with E-state index in [1.807, 2.05) is 49.0 Å². The number of hydrogen-bond donors (Lipinski definition) is 2. The second kappa shape index (κ2) is 9.99. The lowest BCUT2D eigenvalue weighted by Crippen LogP contribution is -2.36. The maximum Gasteiger partial charge on any atom is 0.241 e. The number of carbonyl (C=O) groups is 1. The second-order valence-corrected chi connectivity index (χ2v) is 10.7. The summed E-state index contributed by atoms with van der Waals surface area (Å²) in [6.45, 7) is 10.1.